The second kappa shape index (κ2) is 3.59. The topological polar surface area (TPSA) is 23.9 Å². The van der Waals surface area contributed by atoms with Crippen LogP contribution in [0.1, 0.15) is 20.3 Å². The molecule has 0 amide bonds. The molecule has 40 valence electrons. The van der Waals surface area contributed by atoms with Crippen molar-refractivity contribution in [3.63, 3.8) is 0 Å². The first-order valence-electron chi connectivity index (χ1n) is 2.50. The monoisotopic (exact) mass is 97.1 g/mol. The molecule has 0 atom stereocenters. The third-order valence-electron chi connectivity index (χ3n) is 0.964. The lowest BCUT2D eigenvalue weighted by Gasteiger charge is -1.86. The van der Waals surface area contributed by atoms with E-state index in [4.69, 9.17) is 5.41 Å². The first-order valence-corrected chi connectivity index (χ1v) is 2.50. The predicted octanol–water partition coefficient (Wildman–Crippen LogP) is 1.99. The van der Waals surface area contributed by atoms with Gasteiger partial charge in [-0.1, -0.05) is 13.0 Å². The molecule has 0 radical (unpaired) electrons. The maximum absolute atomic E-state index is 6.77. The summed E-state index contributed by atoms with van der Waals surface area (Å²) in [7, 11) is 0. The van der Waals surface area contributed by atoms with E-state index < -0.39 is 0 Å². The van der Waals surface area contributed by atoms with Crippen LogP contribution in [-0.4, -0.2) is 6.21 Å². The molecule has 1 heteroatoms. The van der Waals surface area contributed by atoms with Crippen LogP contribution in [-0.2, 0) is 0 Å². The van der Waals surface area contributed by atoms with Crippen LogP contribution >= 0.6 is 0 Å². The summed E-state index contributed by atoms with van der Waals surface area (Å²) in [6.45, 7) is 3.99. The van der Waals surface area contributed by atoms with E-state index in [0.29, 0.717) is 0 Å². The highest BCUT2D eigenvalue weighted by Crippen LogP contribution is 1.92. The maximum Gasteiger partial charge on any atom is 0.0206 e. The van der Waals surface area contributed by atoms with Gasteiger partial charge < -0.3 is 5.41 Å². The first-order chi connectivity index (χ1) is 3.35. The Hall–Kier alpha value is -0.590. The molecule has 0 spiro atoms. The molecular weight excluding hydrogens is 86.1 g/mol. The largest absolute Gasteiger partial charge is 0.308 e. The SMILES string of the molecule is C/C=C(\C=N)CC. The van der Waals surface area contributed by atoms with Crippen LogP contribution in [0.4, 0.5) is 0 Å². The lowest BCUT2D eigenvalue weighted by molar-refractivity contribution is 1.17. The fourth-order valence-electron chi connectivity index (χ4n) is 0.390. The molecule has 0 bridgehead atoms. The molecule has 0 aromatic rings. The van der Waals surface area contributed by atoms with Gasteiger partial charge in [-0.2, -0.15) is 0 Å². The van der Waals surface area contributed by atoms with Crippen molar-refractivity contribution in [1.29, 1.82) is 5.41 Å². The molecule has 1 N–H and O–H groups in total. The zero-order valence-electron chi connectivity index (χ0n) is 4.86. The lowest BCUT2D eigenvalue weighted by Crippen LogP contribution is -1.76. The Bertz CT molecular complexity index is 82.2. The van der Waals surface area contributed by atoms with E-state index in [1.807, 2.05) is 19.9 Å². The lowest BCUT2D eigenvalue weighted by atomic mass is 10.2. The zero-order chi connectivity index (χ0) is 5.70. The molecule has 7 heavy (non-hydrogen) atoms. The highest BCUT2D eigenvalue weighted by Gasteiger charge is 1.79. The minimum absolute atomic E-state index is 0.972. The Kier molecular flexibility index (Phi) is 3.29. The summed E-state index contributed by atoms with van der Waals surface area (Å²) in [4.78, 5) is 0. The van der Waals surface area contributed by atoms with Crippen molar-refractivity contribution in [2.75, 3.05) is 0 Å². The maximum atomic E-state index is 6.77. The summed E-state index contributed by atoms with van der Waals surface area (Å²) in [6.07, 6.45) is 4.31. The standard InChI is InChI=1S/C6H11N/c1-3-6(4-2)5-7/h3,5,7H,4H2,1-2H3/b6-3-,7-5?. The summed E-state index contributed by atoms with van der Waals surface area (Å²) < 4.78 is 0. The molecule has 0 rings (SSSR count). The van der Waals surface area contributed by atoms with Crippen LogP contribution < -0.4 is 0 Å². The minimum Gasteiger partial charge on any atom is -0.308 e. The molecule has 0 aromatic carbocycles. The van der Waals surface area contributed by atoms with Crippen LogP contribution in [0.3, 0.4) is 0 Å². The van der Waals surface area contributed by atoms with Crippen LogP contribution in [0.2, 0.25) is 0 Å². The average Bonchev–Trinajstić information content (AvgIpc) is 1.72. The number of nitrogens with one attached hydrogen (secondary N) is 1. The van der Waals surface area contributed by atoms with E-state index in [2.05, 4.69) is 0 Å². The number of hydrogen-bond acceptors (Lipinski definition) is 1. The molecule has 1 nitrogen and oxygen atoms in total. The highest BCUT2D eigenvalue weighted by atomic mass is 14.3. The molecule has 0 fully saturated rings. The molecule has 0 heterocycles. The Balaban J connectivity index is 3.60. The third-order valence-corrected chi connectivity index (χ3v) is 0.964. The summed E-state index contributed by atoms with van der Waals surface area (Å²) in [5, 5.41) is 6.77. The Labute approximate surface area is 44.6 Å². The van der Waals surface area contributed by atoms with Crippen molar-refractivity contribution in [3.8, 4) is 0 Å². The second-order valence-corrected chi connectivity index (χ2v) is 1.36. The summed E-state index contributed by atoms with van der Waals surface area (Å²) in [6, 6.07) is 0. The number of allylic oxidation sites excluding steroid dienone is 2. The van der Waals surface area contributed by atoms with Crippen molar-refractivity contribution in [2.45, 2.75) is 20.3 Å². The van der Waals surface area contributed by atoms with Crippen LogP contribution in [0.25, 0.3) is 0 Å². The molecular formula is C6H11N. The van der Waals surface area contributed by atoms with Gasteiger partial charge in [-0.15, -0.1) is 0 Å². The van der Waals surface area contributed by atoms with Gasteiger partial charge in [0.2, 0.25) is 0 Å². The first kappa shape index (κ1) is 6.41. The smallest absolute Gasteiger partial charge is 0.0206 e. The molecule has 0 saturated heterocycles. The predicted molar refractivity (Wildman–Crippen MR) is 32.8 cm³/mol. The van der Waals surface area contributed by atoms with Crippen molar-refractivity contribution in [3.05, 3.63) is 11.6 Å². The second-order valence-electron chi connectivity index (χ2n) is 1.36. The Morgan fingerprint density at radius 2 is 2.29 bits per heavy atom. The van der Waals surface area contributed by atoms with E-state index in [9.17, 15) is 0 Å². The fraction of sp³-hybridized carbons (Fsp3) is 0.500. The van der Waals surface area contributed by atoms with E-state index >= 15 is 0 Å². The van der Waals surface area contributed by atoms with E-state index in [1.54, 1.807) is 0 Å². The summed E-state index contributed by atoms with van der Waals surface area (Å²) in [5.74, 6) is 0. The van der Waals surface area contributed by atoms with E-state index in [-0.39, 0.29) is 0 Å². The highest BCUT2D eigenvalue weighted by molar-refractivity contribution is 5.75. The minimum atomic E-state index is 0.972. The molecule has 0 aliphatic heterocycles. The van der Waals surface area contributed by atoms with Gasteiger partial charge in [-0.05, 0) is 18.9 Å². The molecule has 0 aliphatic carbocycles. The van der Waals surface area contributed by atoms with Gasteiger partial charge in [0.1, 0.15) is 0 Å². The van der Waals surface area contributed by atoms with Crippen molar-refractivity contribution >= 4 is 6.21 Å². The van der Waals surface area contributed by atoms with Crippen molar-refractivity contribution in [2.24, 2.45) is 0 Å². The van der Waals surface area contributed by atoms with Gasteiger partial charge in [0, 0.05) is 6.21 Å². The Morgan fingerprint density at radius 1 is 1.71 bits per heavy atom. The van der Waals surface area contributed by atoms with Gasteiger partial charge >= 0.3 is 0 Å². The molecule has 0 aromatic heterocycles. The van der Waals surface area contributed by atoms with Gasteiger partial charge in [0.05, 0.1) is 0 Å². The quantitative estimate of drug-likeness (QED) is 0.509. The van der Waals surface area contributed by atoms with Crippen LogP contribution in [0.15, 0.2) is 11.6 Å². The van der Waals surface area contributed by atoms with Gasteiger partial charge in [-0.25, -0.2) is 0 Å². The van der Waals surface area contributed by atoms with Crippen molar-refractivity contribution in [1.82, 2.24) is 0 Å². The zero-order valence-corrected chi connectivity index (χ0v) is 4.86. The Morgan fingerprint density at radius 3 is 2.29 bits per heavy atom. The normalized spacial score (nSPS) is 11.4. The molecule has 0 unspecified atom stereocenters. The van der Waals surface area contributed by atoms with E-state index in [1.165, 1.54) is 6.21 Å². The van der Waals surface area contributed by atoms with Crippen molar-refractivity contribution < 1.29 is 0 Å². The summed E-state index contributed by atoms with van der Waals surface area (Å²) >= 11 is 0. The summed E-state index contributed by atoms with van der Waals surface area (Å²) in [5.41, 5.74) is 1.10. The fourth-order valence-corrected chi connectivity index (χ4v) is 0.390. The third kappa shape index (κ3) is 2.15. The van der Waals surface area contributed by atoms with E-state index in [0.717, 1.165) is 12.0 Å². The van der Waals surface area contributed by atoms with Crippen LogP contribution in [0.5, 0.6) is 0 Å². The van der Waals surface area contributed by atoms with Gasteiger partial charge in [0.25, 0.3) is 0 Å². The van der Waals surface area contributed by atoms with Gasteiger partial charge in [-0.3, -0.25) is 0 Å². The molecule has 0 saturated carbocycles. The van der Waals surface area contributed by atoms with Gasteiger partial charge in [0.15, 0.2) is 0 Å². The molecule has 0 aliphatic rings. The van der Waals surface area contributed by atoms with Crippen LogP contribution in [0, 0.1) is 5.41 Å². The number of rotatable bonds is 2. The average molecular weight is 97.2 g/mol. The number of hydrogen-bond donors (Lipinski definition) is 1.